The molecule has 1 aliphatic heterocycles. The van der Waals surface area contributed by atoms with Crippen molar-refractivity contribution in [1.82, 2.24) is 29.5 Å². The first-order chi connectivity index (χ1) is 18.0. The molecule has 1 fully saturated rings. The largest absolute Gasteiger partial charge is 0.379 e. The first kappa shape index (κ1) is 23.6. The van der Waals surface area contributed by atoms with Crippen LogP contribution in [0, 0.1) is 0 Å². The SMILES string of the molecule is CCc1[nH]nc2cc(-c3cn4ccnc4c(Nc4ccc(C(C)(C)CN5CCOCC5)cc4)n3)ccc12. The van der Waals surface area contributed by atoms with Gasteiger partial charge < -0.3 is 14.5 Å². The van der Waals surface area contributed by atoms with Gasteiger partial charge in [-0.3, -0.25) is 10.00 Å². The summed E-state index contributed by atoms with van der Waals surface area (Å²) in [5.74, 6) is 0.721. The van der Waals surface area contributed by atoms with Crippen LogP contribution in [0.2, 0.25) is 0 Å². The van der Waals surface area contributed by atoms with Gasteiger partial charge in [0.1, 0.15) is 0 Å². The Bertz CT molecular complexity index is 1530. The maximum absolute atomic E-state index is 5.51. The number of rotatable bonds is 7. The molecule has 8 nitrogen and oxygen atoms in total. The third kappa shape index (κ3) is 4.70. The highest BCUT2D eigenvalue weighted by atomic mass is 16.5. The van der Waals surface area contributed by atoms with Crippen LogP contribution in [0.5, 0.6) is 0 Å². The number of morpholine rings is 1. The minimum absolute atomic E-state index is 0.0485. The van der Waals surface area contributed by atoms with E-state index >= 15 is 0 Å². The zero-order valence-electron chi connectivity index (χ0n) is 21.7. The number of hydrogen-bond donors (Lipinski definition) is 2. The van der Waals surface area contributed by atoms with E-state index in [9.17, 15) is 0 Å². The van der Waals surface area contributed by atoms with Gasteiger partial charge in [-0.15, -0.1) is 0 Å². The number of aromatic nitrogens is 5. The van der Waals surface area contributed by atoms with Crippen molar-refractivity contribution in [3.8, 4) is 11.3 Å². The molecule has 4 heterocycles. The topological polar surface area (TPSA) is 83.4 Å². The van der Waals surface area contributed by atoms with E-state index in [0.717, 1.165) is 84.3 Å². The first-order valence-electron chi connectivity index (χ1n) is 13.0. The monoisotopic (exact) mass is 495 g/mol. The fourth-order valence-electron chi connectivity index (χ4n) is 5.20. The van der Waals surface area contributed by atoms with Crippen LogP contribution in [0.1, 0.15) is 32.0 Å². The van der Waals surface area contributed by atoms with Crippen LogP contribution in [0.25, 0.3) is 27.8 Å². The summed E-state index contributed by atoms with van der Waals surface area (Å²) in [6.07, 6.45) is 6.69. The number of fused-ring (bicyclic) bond motifs is 2. The standard InChI is InChI=1S/C29H33N7O/c1-4-24-23-10-5-20(17-25(23)34-33-24)26-18-36-12-11-30-28(36)27(32-26)31-22-8-6-21(7-9-22)29(2,3)19-35-13-15-37-16-14-35/h5-12,17-18H,4,13-16,19H2,1-3H3,(H,31,32)(H,33,34). The number of hydrogen-bond acceptors (Lipinski definition) is 6. The highest BCUT2D eigenvalue weighted by molar-refractivity contribution is 5.86. The Morgan fingerprint density at radius 1 is 1.08 bits per heavy atom. The summed E-state index contributed by atoms with van der Waals surface area (Å²) in [6.45, 7) is 11.4. The van der Waals surface area contributed by atoms with Crippen molar-refractivity contribution in [2.45, 2.75) is 32.6 Å². The molecule has 0 amide bonds. The molecule has 0 spiro atoms. The number of imidazole rings is 1. The molecular weight excluding hydrogens is 462 g/mol. The maximum Gasteiger partial charge on any atom is 0.180 e. The van der Waals surface area contributed by atoms with Gasteiger partial charge in [0.05, 0.1) is 24.4 Å². The molecule has 8 heteroatoms. The molecule has 5 aromatic rings. The second-order valence-electron chi connectivity index (χ2n) is 10.4. The Balaban J connectivity index is 1.27. The lowest BCUT2D eigenvalue weighted by atomic mass is 9.84. The lowest BCUT2D eigenvalue weighted by Gasteiger charge is -2.35. The van der Waals surface area contributed by atoms with Crippen LogP contribution in [0.4, 0.5) is 11.5 Å². The molecule has 0 saturated carbocycles. The van der Waals surface area contributed by atoms with E-state index < -0.39 is 0 Å². The fraction of sp³-hybridized carbons (Fsp3) is 0.345. The van der Waals surface area contributed by atoms with E-state index in [4.69, 9.17) is 9.72 Å². The highest BCUT2D eigenvalue weighted by Crippen LogP contribution is 2.30. The molecule has 2 aromatic carbocycles. The molecule has 2 N–H and O–H groups in total. The van der Waals surface area contributed by atoms with Crippen molar-refractivity contribution in [2.75, 3.05) is 38.2 Å². The van der Waals surface area contributed by atoms with E-state index in [2.05, 4.69) is 88.6 Å². The van der Waals surface area contributed by atoms with Gasteiger partial charge in [-0.05, 0) is 30.2 Å². The van der Waals surface area contributed by atoms with Gasteiger partial charge in [0.15, 0.2) is 11.5 Å². The average molecular weight is 496 g/mol. The predicted octanol–water partition coefficient (Wildman–Crippen LogP) is 5.19. The molecule has 3 aromatic heterocycles. The van der Waals surface area contributed by atoms with Crippen LogP contribution >= 0.6 is 0 Å². The van der Waals surface area contributed by atoms with Gasteiger partial charge in [-0.25, -0.2) is 9.97 Å². The quantitative estimate of drug-likeness (QED) is 0.323. The van der Waals surface area contributed by atoms with Crippen molar-refractivity contribution >= 4 is 28.1 Å². The summed E-state index contributed by atoms with van der Waals surface area (Å²) in [7, 11) is 0. The summed E-state index contributed by atoms with van der Waals surface area (Å²) < 4.78 is 7.52. The number of benzene rings is 2. The number of H-pyrrole nitrogens is 1. The molecular formula is C29H33N7O. The Morgan fingerprint density at radius 3 is 2.68 bits per heavy atom. The van der Waals surface area contributed by atoms with Crippen molar-refractivity contribution in [3.05, 3.63) is 72.3 Å². The minimum atomic E-state index is 0.0485. The fourth-order valence-corrected chi connectivity index (χ4v) is 5.20. The predicted molar refractivity (Wildman–Crippen MR) is 147 cm³/mol. The van der Waals surface area contributed by atoms with E-state index in [1.807, 2.05) is 16.8 Å². The van der Waals surface area contributed by atoms with E-state index in [0.29, 0.717) is 0 Å². The zero-order chi connectivity index (χ0) is 25.4. The first-order valence-corrected chi connectivity index (χ1v) is 13.0. The highest BCUT2D eigenvalue weighted by Gasteiger charge is 2.25. The van der Waals surface area contributed by atoms with Crippen LogP contribution in [0.3, 0.4) is 0 Å². The second-order valence-corrected chi connectivity index (χ2v) is 10.4. The van der Waals surface area contributed by atoms with Gasteiger partial charge in [0.2, 0.25) is 0 Å². The van der Waals surface area contributed by atoms with Crippen molar-refractivity contribution in [2.24, 2.45) is 0 Å². The molecule has 0 bridgehead atoms. The zero-order valence-corrected chi connectivity index (χ0v) is 21.7. The summed E-state index contributed by atoms with van der Waals surface area (Å²) in [6, 6.07) is 15.0. The van der Waals surface area contributed by atoms with Gasteiger partial charge in [0.25, 0.3) is 0 Å². The van der Waals surface area contributed by atoms with Crippen LogP contribution in [-0.2, 0) is 16.6 Å². The van der Waals surface area contributed by atoms with Crippen LogP contribution in [0.15, 0.2) is 61.1 Å². The molecule has 6 rings (SSSR count). The number of aryl methyl sites for hydroxylation is 1. The molecule has 1 saturated heterocycles. The lowest BCUT2D eigenvalue weighted by Crippen LogP contribution is -2.43. The Kier molecular flexibility index (Phi) is 6.14. The van der Waals surface area contributed by atoms with E-state index in [-0.39, 0.29) is 5.41 Å². The van der Waals surface area contributed by atoms with Crippen molar-refractivity contribution < 1.29 is 4.74 Å². The van der Waals surface area contributed by atoms with Crippen molar-refractivity contribution in [3.63, 3.8) is 0 Å². The van der Waals surface area contributed by atoms with E-state index in [1.54, 1.807) is 6.20 Å². The molecule has 0 unspecified atom stereocenters. The van der Waals surface area contributed by atoms with Gasteiger partial charge in [-0.2, -0.15) is 5.10 Å². The molecule has 0 radical (unpaired) electrons. The van der Waals surface area contributed by atoms with Crippen LogP contribution in [-0.4, -0.2) is 62.3 Å². The normalized spacial score (nSPS) is 15.0. The Labute approximate surface area is 216 Å². The van der Waals surface area contributed by atoms with Crippen molar-refractivity contribution in [1.29, 1.82) is 0 Å². The molecule has 1 aliphatic rings. The average Bonchev–Trinajstić information content (AvgIpc) is 3.56. The summed E-state index contributed by atoms with van der Waals surface area (Å²) >= 11 is 0. The Morgan fingerprint density at radius 2 is 1.89 bits per heavy atom. The van der Waals surface area contributed by atoms with E-state index in [1.165, 1.54) is 5.56 Å². The number of anilines is 2. The maximum atomic E-state index is 5.51. The lowest BCUT2D eigenvalue weighted by molar-refractivity contribution is 0.0295. The van der Waals surface area contributed by atoms with Gasteiger partial charge in [-0.1, -0.05) is 45.0 Å². The molecule has 0 atom stereocenters. The van der Waals surface area contributed by atoms with Crippen LogP contribution < -0.4 is 5.32 Å². The second kappa shape index (κ2) is 9.61. The number of nitrogens with zero attached hydrogens (tertiary/aromatic N) is 5. The molecule has 190 valence electrons. The van der Waals surface area contributed by atoms with Gasteiger partial charge in [0, 0.05) is 66.0 Å². The summed E-state index contributed by atoms with van der Waals surface area (Å²) in [5.41, 5.74) is 7.11. The summed E-state index contributed by atoms with van der Waals surface area (Å²) in [5, 5.41) is 12.3. The summed E-state index contributed by atoms with van der Waals surface area (Å²) in [4.78, 5) is 12.0. The third-order valence-corrected chi connectivity index (χ3v) is 7.31. The number of aromatic amines is 1. The smallest absolute Gasteiger partial charge is 0.180 e. The Hall–Kier alpha value is -3.75. The number of ether oxygens (including phenoxy) is 1. The molecule has 0 aliphatic carbocycles. The third-order valence-electron chi connectivity index (χ3n) is 7.31. The molecule has 37 heavy (non-hydrogen) atoms. The number of nitrogens with one attached hydrogen (secondary N) is 2. The van der Waals surface area contributed by atoms with Gasteiger partial charge >= 0.3 is 0 Å². The minimum Gasteiger partial charge on any atom is -0.379 e.